The van der Waals surface area contributed by atoms with Gasteiger partial charge in [0, 0.05) is 7.05 Å². The van der Waals surface area contributed by atoms with Gasteiger partial charge in [0.25, 0.3) is 0 Å². The average Bonchev–Trinajstić information content (AvgIpc) is 3.70. The summed E-state index contributed by atoms with van der Waals surface area (Å²) in [4.78, 5) is 40.5. The van der Waals surface area contributed by atoms with Crippen molar-refractivity contribution in [3.8, 4) is 0 Å². The predicted octanol–water partition coefficient (Wildman–Crippen LogP) is 10.4. The fraction of sp³-hybridized carbons (Fsp3) is 0.917. The van der Waals surface area contributed by atoms with Crippen LogP contribution in [0.25, 0.3) is 0 Å². The molecule has 6 saturated carbocycles. The highest BCUT2D eigenvalue weighted by atomic mass is 19.4. The lowest BCUT2D eigenvalue weighted by atomic mass is 9.49. The molecule has 0 spiro atoms. The number of carbonyl (C=O) groups excluding carboxylic acids is 3. The van der Waals surface area contributed by atoms with Crippen LogP contribution in [0, 0.1) is 64.1 Å². The highest BCUT2D eigenvalue weighted by Crippen LogP contribution is 2.74. The predicted molar refractivity (Wildman–Crippen MR) is 163 cm³/mol. The minimum atomic E-state index is -7.59. The summed E-state index contributed by atoms with van der Waals surface area (Å²) in [5, 5.41) is 0. The minimum Gasteiger partial charge on any atom is -0.458 e. The van der Waals surface area contributed by atoms with Gasteiger partial charge < -0.3 is 4.74 Å². The van der Waals surface area contributed by atoms with Gasteiger partial charge in [-0.25, -0.2) is 0 Å². The van der Waals surface area contributed by atoms with Gasteiger partial charge in [-0.2, -0.15) is 79.0 Å². The van der Waals surface area contributed by atoms with Gasteiger partial charge in [-0.05, 0) is 105 Å². The van der Waals surface area contributed by atoms with Crippen molar-refractivity contribution in [1.82, 2.24) is 4.90 Å². The summed E-state index contributed by atoms with van der Waals surface area (Å²) in [5.41, 5.74) is -10.6. The highest BCUT2D eigenvalue weighted by molar-refractivity contribution is 6.07. The lowest BCUT2D eigenvalue weighted by molar-refractivity contribution is -0.415. The van der Waals surface area contributed by atoms with Crippen molar-refractivity contribution >= 4 is 17.8 Å². The number of fused-ring (bicyclic) bond motifs is 2. The molecule has 0 aromatic heterocycles. The number of alkyl halides is 18. The molecule has 23 heteroatoms. The molecular formula is C36H39F18NO4. The Bertz CT molecular complexity index is 1710. The molecule has 7 aliphatic rings. The van der Waals surface area contributed by atoms with E-state index in [1.54, 1.807) is 0 Å². The van der Waals surface area contributed by atoms with Crippen LogP contribution < -0.4 is 0 Å². The molecule has 1 saturated heterocycles. The number of rotatable bonds is 11. The van der Waals surface area contributed by atoms with Crippen LogP contribution in [0.3, 0.4) is 0 Å². The van der Waals surface area contributed by atoms with Crippen LogP contribution in [0.1, 0.15) is 78.6 Å². The maximum absolute atomic E-state index is 16.7. The third kappa shape index (κ3) is 5.37. The van der Waals surface area contributed by atoms with Crippen LogP contribution in [-0.2, 0) is 19.1 Å². The molecule has 1 heterocycles. The van der Waals surface area contributed by atoms with Gasteiger partial charge in [0.05, 0.1) is 5.92 Å². The average molecular weight is 892 g/mol. The Labute approximate surface area is 324 Å². The summed E-state index contributed by atoms with van der Waals surface area (Å²) in [6.07, 6.45) is -17.7. The van der Waals surface area contributed by atoms with E-state index in [0.717, 1.165) is 6.42 Å². The molecule has 6 aliphatic carbocycles. The summed E-state index contributed by atoms with van der Waals surface area (Å²) in [6, 6.07) is 0. The van der Waals surface area contributed by atoms with Gasteiger partial charge >= 0.3 is 53.9 Å². The third-order valence-electron chi connectivity index (χ3n) is 15.5. The molecule has 0 radical (unpaired) electrons. The molecule has 5 nitrogen and oxygen atoms in total. The molecule has 7 rings (SSSR count). The Hall–Kier alpha value is -2.65. The number of carbonyl (C=O) groups is 3. The first-order valence-corrected chi connectivity index (χ1v) is 18.9. The molecule has 338 valence electrons. The highest BCUT2D eigenvalue weighted by Gasteiger charge is 2.92. The van der Waals surface area contributed by atoms with Crippen LogP contribution in [-0.4, -0.2) is 83.2 Å². The maximum Gasteiger partial charge on any atom is 0.460 e. The zero-order valence-corrected chi connectivity index (χ0v) is 31.4. The van der Waals surface area contributed by atoms with Crippen LogP contribution in [0.5, 0.6) is 0 Å². The maximum atomic E-state index is 16.7. The van der Waals surface area contributed by atoms with Crippen molar-refractivity contribution in [1.29, 1.82) is 0 Å². The van der Waals surface area contributed by atoms with Crippen molar-refractivity contribution in [2.24, 2.45) is 64.1 Å². The topological polar surface area (TPSA) is 63.7 Å². The lowest BCUT2D eigenvalue weighted by Crippen LogP contribution is -2.71. The number of hydrogen-bond donors (Lipinski definition) is 0. The van der Waals surface area contributed by atoms with E-state index in [1.165, 1.54) is 6.92 Å². The van der Waals surface area contributed by atoms with E-state index in [9.17, 15) is 58.3 Å². The van der Waals surface area contributed by atoms with E-state index in [-0.39, 0.29) is 23.2 Å². The molecule has 6 bridgehead atoms. The molecule has 2 amide bonds. The van der Waals surface area contributed by atoms with Gasteiger partial charge in [0.15, 0.2) is 0 Å². The number of imide groups is 1. The largest absolute Gasteiger partial charge is 0.460 e. The fourth-order valence-electron chi connectivity index (χ4n) is 12.6. The Morgan fingerprint density at radius 3 is 1.49 bits per heavy atom. The SMILES string of the molecule is CCC1(OC(=O)C2(C(F)(F)C(F)(F)C(F)(F)C(F)(F)F)CC3CC2C(C)C3CC2(C(F)(F)C(F)(F)C(F)(F)C(F)(F)F)C(=O)N(C)C(=O)C2C)C2CC3CC(C2)CC1C3. The number of hydrogen-bond acceptors (Lipinski definition) is 4. The zero-order valence-electron chi connectivity index (χ0n) is 31.4. The molecule has 7 atom stereocenters. The second kappa shape index (κ2) is 13.0. The summed E-state index contributed by atoms with van der Waals surface area (Å²) in [6.45, 7) is 2.43. The zero-order chi connectivity index (χ0) is 45.1. The molecular weight excluding hydrogens is 852 g/mol. The quantitative estimate of drug-likeness (QED) is 0.118. The van der Waals surface area contributed by atoms with Gasteiger partial charge in [-0.1, -0.05) is 20.8 Å². The smallest absolute Gasteiger partial charge is 0.458 e. The Kier molecular flexibility index (Phi) is 10.1. The number of likely N-dealkylation sites (tertiary alicyclic amines) is 1. The second-order valence-corrected chi connectivity index (χ2v) is 17.8. The molecule has 0 N–H and O–H groups in total. The molecule has 59 heavy (non-hydrogen) atoms. The van der Waals surface area contributed by atoms with Crippen LogP contribution >= 0.6 is 0 Å². The molecule has 7 unspecified atom stereocenters. The molecule has 0 aromatic carbocycles. The first kappa shape index (κ1) is 45.9. The van der Waals surface area contributed by atoms with E-state index in [4.69, 9.17) is 4.74 Å². The number of amides is 2. The molecule has 1 aliphatic heterocycles. The lowest BCUT2D eigenvalue weighted by Gasteiger charge is -2.61. The van der Waals surface area contributed by atoms with E-state index in [1.807, 2.05) is 0 Å². The summed E-state index contributed by atoms with van der Waals surface area (Å²) >= 11 is 0. The van der Waals surface area contributed by atoms with E-state index in [2.05, 4.69) is 0 Å². The first-order chi connectivity index (χ1) is 26.4. The summed E-state index contributed by atoms with van der Waals surface area (Å²) in [5.74, 6) is -62.9. The Morgan fingerprint density at radius 1 is 0.678 bits per heavy atom. The van der Waals surface area contributed by atoms with Crippen molar-refractivity contribution in [3.63, 3.8) is 0 Å². The van der Waals surface area contributed by atoms with Gasteiger partial charge in [0.2, 0.25) is 11.8 Å². The standard InChI is InChI=1S/C36H39F18NO4/c1-5-28(19-7-16-6-17(9-19)10-20(28)8-16)59-25(58)27(30(39,40)32(43,44)34(47,48)36(52,53)54)12-18-11-22(27)14(2)21(18)13-26(15(3)23(56)55(4)24(26)57)29(37,38)31(41,42)33(45,46)35(49,50)51/h14-22H,5-13H2,1-4H3. The van der Waals surface area contributed by atoms with Crippen LogP contribution in [0.15, 0.2) is 0 Å². The van der Waals surface area contributed by atoms with Crippen LogP contribution in [0.4, 0.5) is 79.0 Å². The molecule has 7 fully saturated rings. The monoisotopic (exact) mass is 891 g/mol. The second-order valence-electron chi connectivity index (χ2n) is 17.8. The molecule has 0 aromatic rings. The van der Waals surface area contributed by atoms with Crippen molar-refractivity contribution in [2.45, 2.75) is 132 Å². The van der Waals surface area contributed by atoms with Gasteiger partial charge in [0.1, 0.15) is 16.4 Å². The van der Waals surface area contributed by atoms with Gasteiger partial charge in [-0.15, -0.1) is 0 Å². The van der Waals surface area contributed by atoms with E-state index in [0.29, 0.717) is 46.6 Å². The van der Waals surface area contributed by atoms with Crippen molar-refractivity contribution in [2.75, 3.05) is 7.05 Å². The number of halogens is 18. The van der Waals surface area contributed by atoms with Gasteiger partial charge in [-0.3, -0.25) is 19.3 Å². The van der Waals surface area contributed by atoms with E-state index >= 15 is 35.1 Å². The van der Waals surface area contributed by atoms with Crippen LogP contribution in [0.2, 0.25) is 0 Å². The van der Waals surface area contributed by atoms with E-state index < -0.39 is 143 Å². The van der Waals surface area contributed by atoms with Crippen molar-refractivity contribution in [3.05, 3.63) is 0 Å². The summed E-state index contributed by atoms with van der Waals surface area (Å²) in [7, 11) is 0.390. The third-order valence-corrected chi connectivity index (χ3v) is 15.5. The number of nitrogens with zero attached hydrogens (tertiary/aromatic N) is 1. The Morgan fingerprint density at radius 2 is 1.12 bits per heavy atom. The first-order valence-electron chi connectivity index (χ1n) is 18.9. The Balaban J connectivity index is 1.47. The van der Waals surface area contributed by atoms with Crippen molar-refractivity contribution < 1.29 is 98.1 Å². The number of ether oxygens (including phenoxy) is 1. The fourth-order valence-corrected chi connectivity index (χ4v) is 12.6. The summed E-state index contributed by atoms with van der Waals surface area (Å²) < 4.78 is 271. The number of esters is 1. The minimum absolute atomic E-state index is 0.0879. The normalized spacial score (nSPS) is 39.5.